The van der Waals surface area contributed by atoms with Gasteiger partial charge in [-0.3, -0.25) is 4.79 Å². The number of benzene rings is 1. The van der Waals surface area contributed by atoms with Gasteiger partial charge in [0.05, 0.1) is 18.4 Å². The summed E-state index contributed by atoms with van der Waals surface area (Å²) in [5.74, 6) is 0. The van der Waals surface area contributed by atoms with Crippen LogP contribution in [0.2, 0.25) is 10.0 Å². The molecule has 0 aliphatic heterocycles. The van der Waals surface area contributed by atoms with Crippen LogP contribution in [0.25, 0.3) is 0 Å². The van der Waals surface area contributed by atoms with Gasteiger partial charge >= 0.3 is 0 Å². The lowest BCUT2D eigenvalue weighted by Gasteiger charge is -2.11. The lowest BCUT2D eigenvalue weighted by molar-refractivity contribution is 0.639. The molecule has 1 aromatic carbocycles. The van der Waals surface area contributed by atoms with Crippen LogP contribution in [0.15, 0.2) is 35.3 Å². The number of nitrogens with one attached hydrogen (secondary N) is 1. The van der Waals surface area contributed by atoms with Gasteiger partial charge in [-0.1, -0.05) is 23.2 Å². The van der Waals surface area contributed by atoms with Crippen molar-refractivity contribution < 1.29 is 0 Å². The van der Waals surface area contributed by atoms with Crippen LogP contribution in [-0.4, -0.2) is 15.8 Å². The number of rotatable bonds is 4. The molecule has 0 atom stereocenters. The van der Waals surface area contributed by atoms with Crippen LogP contribution < -0.4 is 10.9 Å². The molecule has 0 spiro atoms. The smallest absolute Gasteiger partial charge is 0.269 e. The molecule has 0 amide bonds. The third kappa shape index (κ3) is 3.74. The topological polar surface area (TPSA) is 46.9 Å². The Morgan fingerprint density at radius 1 is 1.30 bits per heavy atom. The van der Waals surface area contributed by atoms with E-state index in [2.05, 4.69) is 10.4 Å². The molecule has 20 heavy (non-hydrogen) atoms. The quantitative estimate of drug-likeness (QED) is 0.941. The van der Waals surface area contributed by atoms with Crippen LogP contribution in [0.3, 0.4) is 0 Å². The molecule has 6 heteroatoms. The average Bonchev–Trinajstić information content (AvgIpc) is 2.36. The summed E-state index contributed by atoms with van der Waals surface area (Å²) in [4.78, 5) is 12.0. The van der Waals surface area contributed by atoms with E-state index in [0.717, 1.165) is 5.56 Å². The van der Waals surface area contributed by atoms with Gasteiger partial charge in [-0.15, -0.1) is 0 Å². The number of aromatic nitrogens is 2. The highest BCUT2D eigenvalue weighted by Crippen LogP contribution is 2.20. The molecule has 0 unspecified atom stereocenters. The van der Waals surface area contributed by atoms with Crippen molar-refractivity contribution in [3.63, 3.8) is 0 Å². The minimum absolute atomic E-state index is 0.188. The molecule has 0 aliphatic rings. The predicted octanol–water partition coefficient (Wildman–Crippen LogP) is 3.42. The second-order valence-electron chi connectivity index (χ2n) is 4.77. The summed E-state index contributed by atoms with van der Waals surface area (Å²) >= 11 is 12.0. The zero-order valence-electron chi connectivity index (χ0n) is 11.2. The van der Waals surface area contributed by atoms with Gasteiger partial charge in [0, 0.05) is 22.2 Å². The van der Waals surface area contributed by atoms with E-state index in [1.165, 1.54) is 10.7 Å². The van der Waals surface area contributed by atoms with Crippen molar-refractivity contribution in [2.75, 3.05) is 5.32 Å². The molecule has 2 rings (SSSR count). The van der Waals surface area contributed by atoms with Gasteiger partial charge in [0.25, 0.3) is 5.56 Å². The zero-order valence-corrected chi connectivity index (χ0v) is 12.7. The molecule has 0 bridgehead atoms. The molecular weight excluding hydrogens is 297 g/mol. The number of hydrogen-bond acceptors (Lipinski definition) is 3. The lowest BCUT2D eigenvalue weighted by Crippen LogP contribution is -2.24. The predicted molar refractivity (Wildman–Crippen MR) is 82.8 cm³/mol. The van der Waals surface area contributed by atoms with E-state index in [1.807, 2.05) is 13.8 Å². The summed E-state index contributed by atoms with van der Waals surface area (Å²) in [5.41, 5.74) is 1.28. The van der Waals surface area contributed by atoms with E-state index in [1.54, 1.807) is 24.4 Å². The largest absolute Gasteiger partial charge is 0.381 e. The molecule has 0 radical (unpaired) electrons. The highest BCUT2D eigenvalue weighted by molar-refractivity contribution is 6.33. The van der Waals surface area contributed by atoms with Crippen molar-refractivity contribution in [1.29, 1.82) is 0 Å². The van der Waals surface area contributed by atoms with E-state index in [0.29, 0.717) is 22.3 Å². The molecule has 0 saturated heterocycles. The monoisotopic (exact) mass is 311 g/mol. The lowest BCUT2D eigenvalue weighted by atomic mass is 10.2. The van der Waals surface area contributed by atoms with E-state index in [9.17, 15) is 4.79 Å². The summed E-state index contributed by atoms with van der Waals surface area (Å²) in [7, 11) is 0. The van der Waals surface area contributed by atoms with Crippen LogP contribution in [0.5, 0.6) is 0 Å². The Balaban J connectivity index is 2.26. The van der Waals surface area contributed by atoms with Crippen molar-refractivity contribution in [2.45, 2.75) is 26.4 Å². The molecule has 1 heterocycles. The standard InChI is InChI=1S/C14H15Cl2N3O/c1-9(2)18-12-6-14(20)19(17-7-12)8-10-5-11(15)3-4-13(10)16/h3-7,9,18H,8H2,1-2H3. The summed E-state index contributed by atoms with van der Waals surface area (Å²) in [6.07, 6.45) is 1.62. The van der Waals surface area contributed by atoms with Crippen LogP contribution in [0.1, 0.15) is 19.4 Å². The van der Waals surface area contributed by atoms with E-state index < -0.39 is 0 Å². The summed E-state index contributed by atoms with van der Waals surface area (Å²) in [5, 5.41) is 8.41. The van der Waals surface area contributed by atoms with Gasteiger partial charge in [-0.2, -0.15) is 5.10 Å². The second kappa shape index (κ2) is 6.29. The first-order valence-electron chi connectivity index (χ1n) is 6.23. The van der Waals surface area contributed by atoms with Gasteiger partial charge in [0.2, 0.25) is 0 Å². The Morgan fingerprint density at radius 2 is 2.05 bits per heavy atom. The van der Waals surface area contributed by atoms with Crippen molar-refractivity contribution >= 4 is 28.9 Å². The fourth-order valence-electron chi connectivity index (χ4n) is 1.79. The maximum Gasteiger partial charge on any atom is 0.269 e. The fraction of sp³-hybridized carbons (Fsp3) is 0.286. The van der Waals surface area contributed by atoms with Crippen LogP contribution in [0.4, 0.5) is 5.69 Å². The number of halogens is 2. The van der Waals surface area contributed by atoms with E-state index in [4.69, 9.17) is 23.2 Å². The molecule has 1 aromatic heterocycles. The Bertz CT molecular complexity index is 668. The minimum atomic E-state index is -0.188. The second-order valence-corrected chi connectivity index (χ2v) is 5.62. The molecule has 4 nitrogen and oxygen atoms in total. The molecular formula is C14H15Cl2N3O. The van der Waals surface area contributed by atoms with Gasteiger partial charge < -0.3 is 5.32 Å². The molecule has 0 aliphatic carbocycles. The van der Waals surface area contributed by atoms with Gasteiger partial charge in [-0.05, 0) is 37.6 Å². The average molecular weight is 312 g/mol. The van der Waals surface area contributed by atoms with Crippen molar-refractivity contribution in [2.24, 2.45) is 0 Å². The first-order valence-corrected chi connectivity index (χ1v) is 6.99. The molecule has 0 saturated carbocycles. The Kier molecular flexibility index (Phi) is 4.68. The molecule has 1 N–H and O–H groups in total. The minimum Gasteiger partial charge on any atom is -0.381 e. The maximum atomic E-state index is 12.0. The van der Waals surface area contributed by atoms with E-state index >= 15 is 0 Å². The van der Waals surface area contributed by atoms with E-state index in [-0.39, 0.29) is 11.6 Å². The number of hydrogen-bond donors (Lipinski definition) is 1. The summed E-state index contributed by atoms with van der Waals surface area (Å²) in [6, 6.07) is 6.91. The highest BCUT2D eigenvalue weighted by Gasteiger charge is 2.06. The first-order chi connectivity index (χ1) is 9.45. The summed E-state index contributed by atoms with van der Waals surface area (Å²) < 4.78 is 1.35. The normalized spacial score (nSPS) is 10.8. The SMILES string of the molecule is CC(C)Nc1cnn(Cc2cc(Cl)ccc2Cl)c(=O)c1. The Morgan fingerprint density at radius 3 is 2.70 bits per heavy atom. The molecule has 0 fully saturated rings. The molecule has 2 aromatic rings. The number of nitrogens with zero attached hydrogens (tertiary/aromatic N) is 2. The Labute approximate surface area is 127 Å². The fourth-order valence-corrected chi connectivity index (χ4v) is 2.16. The van der Waals surface area contributed by atoms with Gasteiger partial charge in [0.1, 0.15) is 0 Å². The van der Waals surface area contributed by atoms with Crippen molar-refractivity contribution in [1.82, 2.24) is 9.78 Å². The Hall–Kier alpha value is -1.52. The third-order valence-electron chi connectivity index (χ3n) is 2.65. The highest BCUT2D eigenvalue weighted by atomic mass is 35.5. The molecule has 106 valence electrons. The van der Waals surface area contributed by atoms with Gasteiger partial charge in [-0.25, -0.2) is 4.68 Å². The first kappa shape index (κ1) is 14.9. The van der Waals surface area contributed by atoms with Gasteiger partial charge in [0.15, 0.2) is 0 Å². The maximum absolute atomic E-state index is 12.0. The van der Waals surface area contributed by atoms with Crippen LogP contribution in [-0.2, 0) is 6.54 Å². The van der Waals surface area contributed by atoms with Crippen molar-refractivity contribution in [3.05, 3.63) is 56.4 Å². The summed E-state index contributed by atoms with van der Waals surface area (Å²) in [6.45, 7) is 4.29. The van der Waals surface area contributed by atoms with Crippen molar-refractivity contribution in [3.8, 4) is 0 Å². The van der Waals surface area contributed by atoms with Crippen LogP contribution in [0, 0.1) is 0 Å². The van der Waals surface area contributed by atoms with Crippen LogP contribution >= 0.6 is 23.2 Å². The number of anilines is 1. The third-order valence-corrected chi connectivity index (χ3v) is 3.26. The zero-order chi connectivity index (χ0) is 14.7.